The molecule has 0 aliphatic rings. The maximum Gasteiger partial charge on any atom is 0.0275 e. The van der Waals surface area contributed by atoms with E-state index in [9.17, 15) is 0 Å². The van der Waals surface area contributed by atoms with Crippen LogP contribution in [0, 0.1) is 5.92 Å². The molecule has 0 bridgehead atoms. The van der Waals surface area contributed by atoms with Crippen LogP contribution < -0.4 is 5.73 Å². The van der Waals surface area contributed by atoms with Gasteiger partial charge in [0.15, 0.2) is 0 Å². The lowest BCUT2D eigenvalue weighted by Gasteiger charge is -2.37. The molecule has 15 heavy (non-hydrogen) atoms. The zero-order valence-electron chi connectivity index (χ0n) is 11.3. The van der Waals surface area contributed by atoms with Gasteiger partial charge in [0.25, 0.3) is 0 Å². The van der Waals surface area contributed by atoms with E-state index in [0.29, 0.717) is 0 Å². The molecule has 0 saturated carbocycles. The second-order valence-corrected chi connectivity index (χ2v) is 5.54. The minimum atomic E-state index is 0.160. The first-order chi connectivity index (χ1) is 6.94. The van der Waals surface area contributed by atoms with Crippen molar-refractivity contribution in [2.75, 3.05) is 19.6 Å². The minimum absolute atomic E-state index is 0.160. The first-order valence-corrected chi connectivity index (χ1v) is 6.39. The Morgan fingerprint density at radius 2 is 1.80 bits per heavy atom. The first-order valence-electron chi connectivity index (χ1n) is 6.39. The summed E-state index contributed by atoms with van der Waals surface area (Å²) in [6.45, 7) is 14.4. The molecular weight excluding hydrogens is 184 g/mol. The number of hydrogen-bond acceptors (Lipinski definition) is 2. The Morgan fingerprint density at radius 3 is 2.20 bits per heavy atom. The summed E-state index contributed by atoms with van der Waals surface area (Å²) in [5.74, 6) is 0.814. The van der Waals surface area contributed by atoms with Crippen molar-refractivity contribution in [1.29, 1.82) is 0 Å². The minimum Gasteiger partial charge on any atom is -0.329 e. The van der Waals surface area contributed by atoms with E-state index in [1.807, 2.05) is 0 Å². The van der Waals surface area contributed by atoms with Gasteiger partial charge in [-0.15, -0.1) is 0 Å². The fourth-order valence-electron chi connectivity index (χ4n) is 1.81. The molecule has 0 aliphatic heterocycles. The zero-order chi connectivity index (χ0) is 11.9. The van der Waals surface area contributed by atoms with Crippen LogP contribution in [-0.4, -0.2) is 30.1 Å². The third-order valence-corrected chi connectivity index (χ3v) is 3.06. The van der Waals surface area contributed by atoms with Gasteiger partial charge in [0, 0.05) is 12.1 Å². The molecule has 0 amide bonds. The summed E-state index contributed by atoms with van der Waals surface area (Å²) in [5, 5.41) is 0. The molecule has 2 nitrogen and oxygen atoms in total. The van der Waals surface area contributed by atoms with E-state index >= 15 is 0 Å². The van der Waals surface area contributed by atoms with Gasteiger partial charge < -0.3 is 5.73 Å². The Kier molecular flexibility index (Phi) is 7.20. The van der Waals surface area contributed by atoms with Gasteiger partial charge in [0.1, 0.15) is 0 Å². The van der Waals surface area contributed by atoms with Crippen LogP contribution in [0.15, 0.2) is 0 Å². The molecule has 0 spiro atoms. The molecule has 0 aromatic rings. The molecule has 0 radical (unpaired) electrons. The summed E-state index contributed by atoms with van der Waals surface area (Å²) < 4.78 is 0. The second-order valence-electron chi connectivity index (χ2n) is 5.54. The van der Waals surface area contributed by atoms with Crippen LogP contribution >= 0.6 is 0 Å². The van der Waals surface area contributed by atoms with E-state index < -0.39 is 0 Å². The standard InChI is InChI=1S/C13H30N2/c1-6-9-15(13(4,5)11-14)10-7-8-12(2)3/h12H,6-11,14H2,1-5H3. The van der Waals surface area contributed by atoms with Crippen molar-refractivity contribution in [3.8, 4) is 0 Å². The topological polar surface area (TPSA) is 29.3 Å². The molecule has 0 rings (SSSR count). The number of hydrogen-bond donors (Lipinski definition) is 1. The predicted molar refractivity (Wildman–Crippen MR) is 69.1 cm³/mol. The predicted octanol–water partition coefficient (Wildman–Crippen LogP) is 2.87. The number of nitrogens with two attached hydrogens (primary N) is 1. The lowest BCUT2D eigenvalue weighted by Crippen LogP contribution is -2.50. The monoisotopic (exact) mass is 214 g/mol. The average molecular weight is 214 g/mol. The highest BCUT2D eigenvalue weighted by Gasteiger charge is 2.23. The highest BCUT2D eigenvalue weighted by Crippen LogP contribution is 2.15. The molecule has 0 aromatic heterocycles. The van der Waals surface area contributed by atoms with Gasteiger partial charge in [0.2, 0.25) is 0 Å². The van der Waals surface area contributed by atoms with Crippen molar-refractivity contribution < 1.29 is 0 Å². The molecule has 2 heteroatoms. The summed E-state index contributed by atoms with van der Waals surface area (Å²) in [7, 11) is 0. The molecule has 0 fully saturated rings. The first kappa shape index (κ1) is 14.9. The molecule has 92 valence electrons. The van der Waals surface area contributed by atoms with Gasteiger partial charge in [-0.3, -0.25) is 4.90 Å². The van der Waals surface area contributed by atoms with Gasteiger partial charge in [0.05, 0.1) is 0 Å². The van der Waals surface area contributed by atoms with Gasteiger partial charge >= 0.3 is 0 Å². The molecule has 0 aromatic carbocycles. The molecule has 0 atom stereocenters. The van der Waals surface area contributed by atoms with Crippen molar-refractivity contribution in [1.82, 2.24) is 4.90 Å². The Labute approximate surface area is 96.2 Å². The third kappa shape index (κ3) is 6.16. The molecule has 0 aliphatic carbocycles. The van der Waals surface area contributed by atoms with E-state index in [-0.39, 0.29) is 5.54 Å². The Morgan fingerprint density at radius 1 is 1.20 bits per heavy atom. The Hall–Kier alpha value is -0.0800. The summed E-state index contributed by atoms with van der Waals surface area (Å²) in [4.78, 5) is 2.54. The largest absolute Gasteiger partial charge is 0.329 e. The van der Waals surface area contributed by atoms with Crippen molar-refractivity contribution >= 4 is 0 Å². The quantitative estimate of drug-likeness (QED) is 0.673. The Bertz CT molecular complexity index is 153. The molecule has 0 heterocycles. The van der Waals surface area contributed by atoms with Crippen molar-refractivity contribution in [2.45, 2.75) is 59.4 Å². The average Bonchev–Trinajstić information content (AvgIpc) is 2.16. The summed E-state index contributed by atoms with van der Waals surface area (Å²) in [6.07, 6.45) is 3.83. The second kappa shape index (κ2) is 7.24. The highest BCUT2D eigenvalue weighted by atomic mass is 15.2. The summed E-state index contributed by atoms with van der Waals surface area (Å²) in [5.41, 5.74) is 5.99. The molecule has 2 N–H and O–H groups in total. The van der Waals surface area contributed by atoms with Crippen LogP contribution in [0.2, 0.25) is 0 Å². The van der Waals surface area contributed by atoms with E-state index in [0.717, 1.165) is 12.5 Å². The lowest BCUT2D eigenvalue weighted by molar-refractivity contribution is 0.123. The van der Waals surface area contributed by atoms with Crippen molar-refractivity contribution in [2.24, 2.45) is 11.7 Å². The normalized spacial score (nSPS) is 12.8. The van der Waals surface area contributed by atoms with Gasteiger partial charge in [-0.25, -0.2) is 0 Å². The van der Waals surface area contributed by atoms with Crippen LogP contribution in [0.5, 0.6) is 0 Å². The van der Waals surface area contributed by atoms with Crippen molar-refractivity contribution in [3.63, 3.8) is 0 Å². The van der Waals surface area contributed by atoms with E-state index in [2.05, 4.69) is 39.5 Å². The summed E-state index contributed by atoms with van der Waals surface area (Å²) >= 11 is 0. The molecule has 0 saturated heterocycles. The maximum absolute atomic E-state index is 5.83. The lowest BCUT2D eigenvalue weighted by atomic mass is 10.0. The van der Waals surface area contributed by atoms with E-state index in [1.54, 1.807) is 0 Å². The zero-order valence-corrected chi connectivity index (χ0v) is 11.3. The van der Waals surface area contributed by atoms with E-state index in [1.165, 1.54) is 32.4 Å². The van der Waals surface area contributed by atoms with Crippen molar-refractivity contribution in [3.05, 3.63) is 0 Å². The van der Waals surface area contributed by atoms with Crippen LogP contribution in [0.1, 0.15) is 53.9 Å². The highest BCUT2D eigenvalue weighted by molar-refractivity contribution is 4.82. The Balaban J connectivity index is 4.04. The van der Waals surface area contributed by atoms with Crippen LogP contribution in [0.4, 0.5) is 0 Å². The number of nitrogens with zero attached hydrogens (tertiary/aromatic N) is 1. The number of rotatable bonds is 8. The SMILES string of the molecule is CCCN(CCCC(C)C)C(C)(C)CN. The fourth-order valence-corrected chi connectivity index (χ4v) is 1.81. The van der Waals surface area contributed by atoms with Gasteiger partial charge in [-0.05, 0) is 52.1 Å². The molecular formula is C13H30N2. The summed E-state index contributed by atoms with van der Waals surface area (Å²) in [6, 6.07) is 0. The van der Waals surface area contributed by atoms with Crippen LogP contribution in [0.3, 0.4) is 0 Å². The van der Waals surface area contributed by atoms with Gasteiger partial charge in [-0.2, -0.15) is 0 Å². The van der Waals surface area contributed by atoms with Crippen LogP contribution in [0.25, 0.3) is 0 Å². The smallest absolute Gasteiger partial charge is 0.0275 e. The van der Waals surface area contributed by atoms with Crippen LogP contribution in [-0.2, 0) is 0 Å². The fraction of sp³-hybridized carbons (Fsp3) is 1.00. The third-order valence-electron chi connectivity index (χ3n) is 3.06. The van der Waals surface area contributed by atoms with E-state index in [4.69, 9.17) is 5.73 Å². The molecule has 0 unspecified atom stereocenters. The maximum atomic E-state index is 5.83. The van der Waals surface area contributed by atoms with Gasteiger partial charge in [-0.1, -0.05) is 20.8 Å².